The molecule has 3 heterocycles. The molecule has 0 saturated carbocycles. The largest absolute Gasteiger partial charge is 0.497 e. The lowest BCUT2D eigenvalue weighted by molar-refractivity contribution is -0.384. The number of halogens is 1. The predicted octanol–water partition coefficient (Wildman–Crippen LogP) is 5.81. The summed E-state index contributed by atoms with van der Waals surface area (Å²) in [6, 6.07) is 15.8. The van der Waals surface area contributed by atoms with Gasteiger partial charge in [-0.3, -0.25) is 19.5 Å². The lowest BCUT2D eigenvalue weighted by Crippen LogP contribution is -2.40. The van der Waals surface area contributed by atoms with Crippen LogP contribution in [0.4, 0.5) is 5.69 Å². The molecule has 16 heteroatoms. The molecule has 51 heavy (non-hydrogen) atoms. The van der Waals surface area contributed by atoms with Crippen LogP contribution in [0, 0.1) is 10.1 Å². The van der Waals surface area contributed by atoms with Crippen LogP contribution in [0.5, 0.6) is 11.5 Å². The highest BCUT2D eigenvalue weighted by molar-refractivity contribution is 7.99. The molecular weight excluding hydrogens is 716 g/mol. The number of fused-ring (bicyclic) bond motifs is 1. The van der Waals surface area contributed by atoms with Crippen LogP contribution in [0.15, 0.2) is 91.8 Å². The molecule has 6 rings (SSSR count). The Kier molecular flexibility index (Phi) is 10.4. The fourth-order valence-corrected chi connectivity index (χ4v) is 7.93. The summed E-state index contributed by atoms with van der Waals surface area (Å²) in [7, 11) is 3.01. The van der Waals surface area contributed by atoms with Crippen LogP contribution in [0.25, 0.3) is 17.5 Å². The Bertz CT molecular complexity index is 2400. The van der Waals surface area contributed by atoms with Crippen LogP contribution in [0.3, 0.4) is 0 Å². The number of hydrogen-bond donors (Lipinski definition) is 0. The Hall–Kier alpha value is -5.25. The molecule has 0 saturated heterocycles. The number of allylic oxidation sites excluding steroid dienone is 1. The van der Waals surface area contributed by atoms with Crippen molar-refractivity contribution in [3.8, 4) is 22.9 Å². The highest BCUT2D eigenvalue weighted by Crippen LogP contribution is 2.38. The minimum atomic E-state index is -0.973. The third kappa shape index (κ3) is 6.92. The number of esters is 1. The van der Waals surface area contributed by atoms with E-state index in [1.807, 2.05) is 23.6 Å². The van der Waals surface area contributed by atoms with Gasteiger partial charge in [0.2, 0.25) is 0 Å². The maximum absolute atomic E-state index is 14.4. The van der Waals surface area contributed by atoms with Crippen LogP contribution in [-0.4, -0.2) is 51.1 Å². The number of nitro groups is 1. The van der Waals surface area contributed by atoms with Crippen LogP contribution < -0.4 is 24.4 Å². The van der Waals surface area contributed by atoms with Crippen LogP contribution in [0.1, 0.15) is 37.9 Å². The second-order valence-corrected chi connectivity index (χ2v) is 13.5. The van der Waals surface area contributed by atoms with Gasteiger partial charge < -0.3 is 18.8 Å². The Labute approximate surface area is 304 Å². The van der Waals surface area contributed by atoms with E-state index in [0.717, 1.165) is 16.9 Å². The van der Waals surface area contributed by atoms with Crippen LogP contribution in [-0.2, 0) is 16.1 Å². The molecule has 0 bridgehead atoms. The number of aromatic nitrogens is 4. The third-order valence-corrected chi connectivity index (χ3v) is 10.4. The van der Waals surface area contributed by atoms with E-state index >= 15 is 0 Å². The summed E-state index contributed by atoms with van der Waals surface area (Å²) >= 11 is 8.59. The third-order valence-electron chi connectivity index (χ3n) is 8.06. The van der Waals surface area contributed by atoms with Crippen molar-refractivity contribution in [2.45, 2.75) is 43.4 Å². The standard InChI is InChI=1S/C35H31ClN6O7S2/c1-6-40-31(20-9-8-10-22(36)15-20)38-39-35(40)50-27-14-11-23(42(45)46)16-21(27)17-28-32(43)41-30(25-18-24(47-4)12-13-26(25)48-5)29(33(44)49-7-2)19(3)37-34(41)51-28/h8-18,30H,6-7H2,1-5H3/b28-17+/t30-/m0/s1. The Morgan fingerprint density at radius 2 is 1.90 bits per heavy atom. The van der Waals surface area contributed by atoms with E-state index in [1.54, 1.807) is 56.3 Å². The monoisotopic (exact) mass is 746 g/mol. The molecule has 0 fully saturated rings. The summed E-state index contributed by atoms with van der Waals surface area (Å²) in [6.07, 6.45) is 1.59. The number of ether oxygens (including phenoxy) is 3. The molecule has 0 amide bonds. The zero-order chi connectivity index (χ0) is 36.4. The van der Waals surface area contributed by atoms with Crippen molar-refractivity contribution in [3.63, 3.8) is 0 Å². The second-order valence-electron chi connectivity index (χ2n) is 11.1. The maximum atomic E-state index is 14.4. The van der Waals surface area contributed by atoms with Crippen LogP contribution in [0.2, 0.25) is 5.02 Å². The Balaban J connectivity index is 1.53. The van der Waals surface area contributed by atoms with Crippen molar-refractivity contribution in [2.75, 3.05) is 20.8 Å². The molecule has 1 aliphatic rings. The van der Waals surface area contributed by atoms with Gasteiger partial charge >= 0.3 is 5.97 Å². The average Bonchev–Trinajstić information content (AvgIpc) is 3.67. The summed E-state index contributed by atoms with van der Waals surface area (Å²) in [5.74, 6) is 0.890. The van der Waals surface area contributed by atoms with Crippen LogP contribution >= 0.6 is 34.7 Å². The zero-order valence-corrected chi connectivity index (χ0v) is 30.5. The molecule has 1 aliphatic heterocycles. The van der Waals surface area contributed by atoms with Crippen molar-refractivity contribution in [2.24, 2.45) is 4.99 Å². The Morgan fingerprint density at radius 1 is 1.10 bits per heavy atom. The molecule has 1 atom stereocenters. The van der Waals surface area contributed by atoms with Gasteiger partial charge in [-0.05, 0) is 80.6 Å². The van der Waals surface area contributed by atoms with E-state index < -0.39 is 22.5 Å². The fourth-order valence-electron chi connectivity index (χ4n) is 5.72. The highest BCUT2D eigenvalue weighted by atomic mass is 35.5. The normalized spacial score (nSPS) is 14.2. The van der Waals surface area contributed by atoms with E-state index in [0.29, 0.717) is 60.6 Å². The first-order valence-corrected chi connectivity index (χ1v) is 17.7. The number of methoxy groups -OCH3 is 2. The first-order valence-electron chi connectivity index (χ1n) is 15.6. The topological polar surface area (TPSA) is 153 Å². The summed E-state index contributed by atoms with van der Waals surface area (Å²) in [4.78, 5) is 44.8. The number of non-ortho nitro benzene ring substituents is 1. The molecule has 2 aromatic heterocycles. The van der Waals surface area contributed by atoms with E-state index in [9.17, 15) is 19.7 Å². The molecule has 0 unspecified atom stereocenters. The molecule has 0 spiro atoms. The van der Waals surface area contributed by atoms with E-state index in [4.69, 9.17) is 25.8 Å². The van der Waals surface area contributed by atoms with Gasteiger partial charge in [-0.25, -0.2) is 9.79 Å². The number of carbonyl (C=O) groups is 1. The van der Waals surface area contributed by atoms with Crippen molar-refractivity contribution in [1.82, 2.24) is 19.3 Å². The summed E-state index contributed by atoms with van der Waals surface area (Å²) in [6.45, 7) is 5.98. The second kappa shape index (κ2) is 14.9. The SMILES string of the molecule is CCOC(=O)C1=C(C)N=c2s/c(=C/c3cc([N+](=O)[O-])ccc3Sc3nnc(-c4cccc(Cl)c4)n3CC)c(=O)n2[C@H]1c1cc(OC)ccc1OC. The first kappa shape index (κ1) is 35.6. The number of hydrogen-bond acceptors (Lipinski definition) is 12. The fraction of sp³-hybridized carbons (Fsp3) is 0.229. The molecule has 262 valence electrons. The van der Waals surface area contributed by atoms with Crippen molar-refractivity contribution < 1.29 is 23.9 Å². The van der Waals surface area contributed by atoms with Crippen molar-refractivity contribution in [3.05, 3.63) is 118 Å². The molecule has 13 nitrogen and oxygen atoms in total. The molecule has 0 N–H and O–H groups in total. The van der Waals surface area contributed by atoms with Gasteiger partial charge in [-0.2, -0.15) is 0 Å². The lowest BCUT2D eigenvalue weighted by Gasteiger charge is -2.26. The van der Waals surface area contributed by atoms with Gasteiger partial charge in [0.05, 0.1) is 41.6 Å². The number of thiazole rings is 1. The predicted molar refractivity (Wildman–Crippen MR) is 193 cm³/mol. The molecule has 0 aliphatic carbocycles. The van der Waals surface area contributed by atoms with Crippen molar-refractivity contribution >= 4 is 52.4 Å². The minimum absolute atomic E-state index is 0.113. The number of rotatable bonds is 11. The van der Waals surface area contributed by atoms with Crippen molar-refractivity contribution in [1.29, 1.82) is 0 Å². The average molecular weight is 747 g/mol. The molecule has 0 radical (unpaired) electrons. The van der Waals surface area contributed by atoms with E-state index in [1.165, 1.54) is 42.7 Å². The number of benzene rings is 3. The van der Waals surface area contributed by atoms with Gasteiger partial charge in [0.25, 0.3) is 11.2 Å². The summed E-state index contributed by atoms with van der Waals surface area (Å²) < 4.78 is 20.1. The molecular formula is C35H31ClN6O7S2. The zero-order valence-electron chi connectivity index (χ0n) is 28.1. The minimum Gasteiger partial charge on any atom is -0.497 e. The quantitative estimate of drug-likeness (QED) is 0.0920. The molecule has 3 aromatic carbocycles. The van der Waals surface area contributed by atoms with E-state index in [-0.39, 0.29) is 22.4 Å². The lowest BCUT2D eigenvalue weighted by atomic mass is 9.94. The summed E-state index contributed by atoms with van der Waals surface area (Å²) in [5, 5.41) is 21.8. The van der Waals surface area contributed by atoms with Gasteiger partial charge in [-0.1, -0.05) is 35.1 Å². The maximum Gasteiger partial charge on any atom is 0.338 e. The van der Waals surface area contributed by atoms with Gasteiger partial charge in [0.1, 0.15) is 17.5 Å². The van der Waals surface area contributed by atoms with Gasteiger partial charge in [0.15, 0.2) is 15.8 Å². The highest BCUT2D eigenvalue weighted by Gasteiger charge is 2.35. The smallest absolute Gasteiger partial charge is 0.338 e. The van der Waals surface area contributed by atoms with E-state index in [2.05, 4.69) is 15.2 Å². The number of nitro benzene ring substituents is 1. The number of nitrogens with zero attached hydrogens (tertiary/aromatic N) is 6. The Morgan fingerprint density at radius 3 is 2.59 bits per heavy atom. The van der Waals surface area contributed by atoms with Gasteiger partial charge in [-0.15, -0.1) is 10.2 Å². The molecule has 5 aromatic rings. The van der Waals surface area contributed by atoms with Gasteiger partial charge in [0, 0.05) is 39.7 Å². The first-order chi connectivity index (χ1) is 24.6. The summed E-state index contributed by atoms with van der Waals surface area (Å²) in [5.41, 5.74) is 1.60. The number of carbonyl (C=O) groups excluding carboxylic acids is 1.